The van der Waals surface area contributed by atoms with Gasteiger partial charge in [-0.3, -0.25) is 0 Å². The maximum Gasteiger partial charge on any atom is 0.419 e. The van der Waals surface area contributed by atoms with Crippen LogP contribution in [0.1, 0.15) is 30.9 Å². The lowest BCUT2D eigenvalue weighted by Crippen LogP contribution is -2.13. The largest absolute Gasteiger partial charge is 0.508 e. The fourth-order valence-electron chi connectivity index (χ4n) is 1.37. The molecular weight excluding hydrogens is 212 g/mol. The fraction of sp³-hybridized carbons (Fsp3) is 0.400. The second-order valence-corrected chi connectivity index (χ2v) is 3.54. The second-order valence-electron chi connectivity index (χ2n) is 3.54. The molecule has 0 saturated heterocycles. The SMILES string of the molecule is CC(C)c1cc(O)cc(F)c1C(F)(F)F. The Morgan fingerprint density at radius 2 is 1.73 bits per heavy atom. The zero-order valence-electron chi connectivity index (χ0n) is 8.19. The minimum atomic E-state index is -4.74. The van der Waals surface area contributed by atoms with Crippen LogP contribution in [-0.2, 0) is 6.18 Å². The van der Waals surface area contributed by atoms with E-state index in [4.69, 9.17) is 5.11 Å². The summed E-state index contributed by atoms with van der Waals surface area (Å²) in [6.45, 7) is 3.01. The van der Waals surface area contributed by atoms with E-state index < -0.39 is 29.2 Å². The lowest BCUT2D eigenvalue weighted by Gasteiger charge is -2.16. The molecule has 0 radical (unpaired) electrons. The van der Waals surface area contributed by atoms with Crippen LogP contribution in [0, 0.1) is 5.82 Å². The molecule has 1 nitrogen and oxygen atoms in total. The van der Waals surface area contributed by atoms with E-state index in [0.29, 0.717) is 6.07 Å². The third-order valence-corrected chi connectivity index (χ3v) is 2.01. The van der Waals surface area contributed by atoms with Crippen LogP contribution in [0.4, 0.5) is 17.6 Å². The molecule has 0 aliphatic heterocycles. The molecule has 0 fully saturated rings. The Kier molecular flexibility index (Phi) is 2.93. The van der Waals surface area contributed by atoms with Gasteiger partial charge in [0.05, 0.1) is 5.56 Å². The number of rotatable bonds is 1. The van der Waals surface area contributed by atoms with Gasteiger partial charge < -0.3 is 5.11 Å². The predicted octanol–water partition coefficient (Wildman–Crippen LogP) is 3.67. The Morgan fingerprint density at radius 1 is 1.20 bits per heavy atom. The maximum atomic E-state index is 13.1. The van der Waals surface area contributed by atoms with E-state index in [1.54, 1.807) is 0 Å². The minimum Gasteiger partial charge on any atom is -0.508 e. The molecule has 0 spiro atoms. The highest BCUT2D eigenvalue weighted by Gasteiger charge is 2.37. The number of alkyl halides is 3. The quantitative estimate of drug-likeness (QED) is 0.718. The number of aromatic hydroxyl groups is 1. The molecule has 1 N–H and O–H groups in total. The first-order chi connectivity index (χ1) is 6.73. The standard InChI is InChI=1S/C10H10F4O/c1-5(2)7-3-6(15)4-8(11)9(7)10(12,13)14/h3-5,15H,1-2H3. The van der Waals surface area contributed by atoms with E-state index in [0.717, 1.165) is 6.07 Å². The number of hydrogen-bond donors (Lipinski definition) is 1. The lowest BCUT2D eigenvalue weighted by molar-refractivity contribution is -0.140. The molecule has 5 heteroatoms. The first-order valence-corrected chi connectivity index (χ1v) is 4.33. The zero-order chi connectivity index (χ0) is 11.8. The van der Waals surface area contributed by atoms with Crippen LogP contribution < -0.4 is 0 Å². The van der Waals surface area contributed by atoms with E-state index in [9.17, 15) is 17.6 Å². The van der Waals surface area contributed by atoms with Gasteiger partial charge in [0.15, 0.2) is 0 Å². The highest BCUT2D eigenvalue weighted by Crippen LogP contribution is 2.38. The van der Waals surface area contributed by atoms with Crippen molar-refractivity contribution in [3.63, 3.8) is 0 Å². The van der Waals surface area contributed by atoms with Crippen molar-refractivity contribution in [2.45, 2.75) is 25.9 Å². The molecule has 0 bridgehead atoms. The van der Waals surface area contributed by atoms with Crippen molar-refractivity contribution >= 4 is 0 Å². The van der Waals surface area contributed by atoms with Crippen LogP contribution in [0.25, 0.3) is 0 Å². The van der Waals surface area contributed by atoms with Gasteiger partial charge in [-0.15, -0.1) is 0 Å². The van der Waals surface area contributed by atoms with Gasteiger partial charge in [-0.25, -0.2) is 4.39 Å². The predicted molar refractivity (Wildman–Crippen MR) is 47.2 cm³/mol. The molecule has 1 rings (SSSR count). The molecule has 0 aliphatic carbocycles. The van der Waals surface area contributed by atoms with Crippen LogP contribution in [-0.4, -0.2) is 5.11 Å². The first-order valence-electron chi connectivity index (χ1n) is 4.33. The Morgan fingerprint density at radius 3 is 2.13 bits per heavy atom. The van der Waals surface area contributed by atoms with Gasteiger partial charge in [0.25, 0.3) is 0 Å². The van der Waals surface area contributed by atoms with E-state index >= 15 is 0 Å². The van der Waals surface area contributed by atoms with Crippen molar-refractivity contribution in [1.82, 2.24) is 0 Å². The van der Waals surface area contributed by atoms with Crippen LogP contribution in [0.15, 0.2) is 12.1 Å². The summed E-state index contributed by atoms with van der Waals surface area (Å²) in [5.74, 6) is -2.45. The van der Waals surface area contributed by atoms with Crippen LogP contribution in [0.3, 0.4) is 0 Å². The average molecular weight is 222 g/mol. The van der Waals surface area contributed by atoms with Crippen LogP contribution in [0.5, 0.6) is 5.75 Å². The molecule has 1 aromatic rings. The van der Waals surface area contributed by atoms with Crippen molar-refractivity contribution < 1.29 is 22.7 Å². The molecule has 0 atom stereocenters. The van der Waals surface area contributed by atoms with Gasteiger partial charge >= 0.3 is 6.18 Å². The summed E-state index contributed by atoms with van der Waals surface area (Å²) < 4.78 is 50.5. The van der Waals surface area contributed by atoms with E-state index in [2.05, 4.69) is 0 Å². The van der Waals surface area contributed by atoms with E-state index in [-0.39, 0.29) is 5.56 Å². The lowest BCUT2D eigenvalue weighted by atomic mass is 9.96. The molecule has 0 saturated carbocycles. The van der Waals surface area contributed by atoms with Crippen molar-refractivity contribution in [2.75, 3.05) is 0 Å². The van der Waals surface area contributed by atoms with Gasteiger partial charge in [-0.2, -0.15) is 13.2 Å². The third-order valence-electron chi connectivity index (χ3n) is 2.01. The normalized spacial score (nSPS) is 12.2. The second kappa shape index (κ2) is 3.72. The highest BCUT2D eigenvalue weighted by molar-refractivity contribution is 5.39. The Bertz CT molecular complexity index is 368. The summed E-state index contributed by atoms with van der Waals surface area (Å²) in [5, 5.41) is 9.03. The van der Waals surface area contributed by atoms with Gasteiger partial charge in [-0.05, 0) is 17.5 Å². The zero-order valence-corrected chi connectivity index (χ0v) is 8.19. The maximum absolute atomic E-state index is 13.1. The molecule has 0 aromatic heterocycles. The molecule has 84 valence electrons. The number of hydrogen-bond acceptors (Lipinski definition) is 1. The van der Waals surface area contributed by atoms with Crippen molar-refractivity contribution in [3.05, 3.63) is 29.1 Å². The Labute approximate surface area is 84.3 Å². The Balaban J connectivity index is 3.48. The summed E-state index contributed by atoms with van der Waals surface area (Å²) in [5.41, 5.74) is -1.53. The Hall–Kier alpha value is -1.26. The van der Waals surface area contributed by atoms with Crippen molar-refractivity contribution in [3.8, 4) is 5.75 Å². The summed E-state index contributed by atoms with van der Waals surface area (Å²) in [7, 11) is 0. The monoisotopic (exact) mass is 222 g/mol. The number of halogens is 4. The van der Waals surface area contributed by atoms with Crippen molar-refractivity contribution in [1.29, 1.82) is 0 Å². The van der Waals surface area contributed by atoms with Gasteiger partial charge in [-0.1, -0.05) is 13.8 Å². The van der Waals surface area contributed by atoms with Crippen LogP contribution >= 0.6 is 0 Å². The number of phenols is 1. The summed E-state index contributed by atoms with van der Waals surface area (Å²) >= 11 is 0. The molecule has 0 unspecified atom stereocenters. The topological polar surface area (TPSA) is 20.2 Å². The van der Waals surface area contributed by atoms with Gasteiger partial charge in [0, 0.05) is 6.07 Å². The fourth-order valence-corrected chi connectivity index (χ4v) is 1.37. The molecule has 0 heterocycles. The molecule has 0 aliphatic rings. The summed E-state index contributed by atoms with van der Waals surface area (Å²) in [6, 6.07) is 1.41. The molecule has 1 aromatic carbocycles. The van der Waals surface area contributed by atoms with Crippen LogP contribution in [0.2, 0.25) is 0 Å². The molecular formula is C10H10F4O. The van der Waals surface area contributed by atoms with Gasteiger partial charge in [0.1, 0.15) is 11.6 Å². The number of benzene rings is 1. The van der Waals surface area contributed by atoms with E-state index in [1.807, 2.05) is 0 Å². The van der Waals surface area contributed by atoms with E-state index in [1.165, 1.54) is 13.8 Å². The molecule has 15 heavy (non-hydrogen) atoms. The first kappa shape index (κ1) is 11.8. The summed E-state index contributed by atoms with van der Waals surface area (Å²) in [6.07, 6.45) is -4.74. The van der Waals surface area contributed by atoms with Gasteiger partial charge in [0.2, 0.25) is 0 Å². The number of phenolic OH excluding ortho intramolecular Hbond substituents is 1. The molecule has 0 amide bonds. The smallest absolute Gasteiger partial charge is 0.419 e. The third kappa shape index (κ3) is 2.40. The van der Waals surface area contributed by atoms with Crippen molar-refractivity contribution in [2.24, 2.45) is 0 Å². The minimum absolute atomic E-state index is 0.236. The summed E-state index contributed by atoms with van der Waals surface area (Å²) in [4.78, 5) is 0. The average Bonchev–Trinajstić information content (AvgIpc) is 1.99. The highest BCUT2D eigenvalue weighted by atomic mass is 19.4.